The van der Waals surface area contributed by atoms with Gasteiger partial charge in [0.1, 0.15) is 11.4 Å². The molecule has 6 heteroatoms. The van der Waals surface area contributed by atoms with Gasteiger partial charge in [-0.3, -0.25) is 9.69 Å². The Morgan fingerprint density at radius 2 is 1.85 bits per heavy atom. The molecule has 3 amide bonds. The Bertz CT molecular complexity index is 878. The number of aromatic nitrogens is 1. The SMILES string of the molecule is CCCN1C(=O)N/C(=C/c2cc(C)n(-c3ccc(OC)cc3)c2C)C1=O. The molecular weight excluding hydrogens is 330 g/mol. The summed E-state index contributed by atoms with van der Waals surface area (Å²) in [6.07, 6.45) is 2.48. The van der Waals surface area contributed by atoms with E-state index in [-0.39, 0.29) is 11.9 Å². The third-order valence-corrected chi connectivity index (χ3v) is 4.51. The number of carbonyl (C=O) groups is 2. The van der Waals surface area contributed by atoms with Crippen LogP contribution in [0.15, 0.2) is 36.0 Å². The molecular formula is C20H23N3O3. The number of benzene rings is 1. The minimum absolute atomic E-state index is 0.272. The van der Waals surface area contributed by atoms with Crippen LogP contribution in [-0.4, -0.2) is 35.1 Å². The Morgan fingerprint density at radius 3 is 2.46 bits per heavy atom. The van der Waals surface area contributed by atoms with Crippen LogP contribution in [0.3, 0.4) is 0 Å². The number of carbonyl (C=O) groups excluding carboxylic acids is 2. The first-order chi connectivity index (χ1) is 12.5. The molecule has 0 saturated carbocycles. The van der Waals surface area contributed by atoms with Gasteiger partial charge in [-0.25, -0.2) is 4.79 Å². The molecule has 0 bridgehead atoms. The zero-order valence-corrected chi connectivity index (χ0v) is 15.5. The molecule has 2 aromatic rings. The Morgan fingerprint density at radius 1 is 1.15 bits per heavy atom. The maximum absolute atomic E-state index is 12.4. The lowest BCUT2D eigenvalue weighted by Gasteiger charge is -2.10. The molecule has 6 nitrogen and oxygen atoms in total. The number of rotatable bonds is 5. The molecule has 0 unspecified atom stereocenters. The fourth-order valence-electron chi connectivity index (χ4n) is 3.22. The second kappa shape index (κ2) is 7.07. The average molecular weight is 353 g/mol. The summed E-state index contributed by atoms with van der Waals surface area (Å²) in [6, 6.07) is 9.45. The average Bonchev–Trinajstić information content (AvgIpc) is 3.05. The number of nitrogens with one attached hydrogen (secondary N) is 1. The summed E-state index contributed by atoms with van der Waals surface area (Å²) in [5.74, 6) is 0.528. The monoisotopic (exact) mass is 353 g/mol. The third kappa shape index (κ3) is 3.10. The van der Waals surface area contributed by atoms with E-state index in [9.17, 15) is 9.59 Å². The lowest BCUT2D eigenvalue weighted by Crippen LogP contribution is -2.31. The first-order valence-corrected chi connectivity index (χ1v) is 8.64. The third-order valence-electron chi connectivity index (χ3n) is 4.51. The Kier molecular flexibility index (Phi) is 4.84. The normalized spacial score (nSPS) is 15.7. The van der Waals surface area contributed by atoms with Crippen LogP contribution in [0.4, 0.5) is 4.79 Å². The van der Waals surface area contributed by atoms with Crippen molar-refractivity contribution in [3.8, 4) is 11.4 Å². The van der Waals surface area contributed by atoms with Crippen LogP contribution < -0.4 is 10.1 Å². The van der Waals surface area contributed by atoms with Crippen molar-refractivity contribution in [2.75, 3.05) is 13.7 Å². The number of hydrogen-bond acceptors (Lipinski definition) is 3. The number of ether oxygens (including phenoxy) is 1. The highest BCUT2D eigenvalue weighted by Crippen LogP contribution is 2.25. The van der Waals surface area contributed by atoms with Gasteiger partial charge in [0.15, 0.2) is 0 Å². The van der Waals surface area contributed by atoms with Gasteiger partial charge in [0, 0.05) is 23.6 Å². The number of nitrogens with zero attached hydrogens (tertiary/aromatic N) is 2. The zero-order valence-electron chi connectivity index (χ0n) is 15.5. The van der Waals surface area contributed by atoms with Crippen molar-refractivity contribution >= 4 is 18.0 Å². The molecule has 1 saturated heterocycles. The largest absolute Gasteiger partial charge is 0.497 e. The smallest absolute Gasteiger partial charge is 0.329 e. The lowest BCUT2D eigenvalue weighted by molar-refractivity contribution is -0.122. The van der Waals surface area contributed by atoms with Gasteiger partial charge in [-0.05, 0) is 62.2 Å². The molecule has 0 atom stereocenters. The van der Waals surface area contributed by atoms with E-state index in [0.717, 1.165) is 34.8 Å². The fraction of sp³-hybridized carbons (Fsp3) is 0.300. The van der Waals surface area contributed by atoms with Gasteiger partial charge in [0.05, 0.1) is 7.11 Å². The van der Waals surface area contributed by atoms with Crippen molar-refractivity contribution in [3.05, 3.63) is 53.0 Å². The predicted octanol–water partition coefficient (Wildman–Crippen LogP) is 3.41. The summed E-state index contributed by atoms with van der Waals surface area (Å²) >= 11 is 0. The van der Waals surface area contributed by atoms with Gasteiger partial charge in [-0.1, -0.05) is 6.92 Å². The summed E-state index contributed by atoms with van der Waals surface area (Å²) < 4.78 is 7.32. The van der Waals surface area contributed by atoms with E-state index in [1.807, 2.05) is 51.1 Å². The highest BCUT2D eigenvalue weighted by Gasteiger charge is 2.32. The Balaban J connectivity index is 1.95. The molecule has 0 spiro atoms. The summed E-state index contributed by atoms with van der Waals surface area (Å²) in [6.45, 7) is 6.37. The van der Waals surface area contributed by atoms with Gasteiger partial charge in [0.2, 0.25) is 0 Å². The number of imide groups is 1. The molecule has 1 N–H and O–H groups in total. The maximum atomic E-state index is 12.4. The summed E-state index contributed by atoms with van der Waals surface area (Å²) in [7, 11) is 1.64. The number of hydrogen-bond donors (Lipinski definition) is 1. The molecule has 0 radical (unpaired) electrons. The highest BCUT2D eigenvalue weighted by molar-refractivity contribution is 6.14. The van der Waals surface area contributed by atoms with Crippen molar-refractivity contribution in [1.82, 2.24) is 14.8 Å². The second-order valence-electron chi connectivity index (χ2n) is 6.30. The molecule has 0 aliphatic carbocycles. The van der Waals surface area contributed by atoms with Crippen LogP contribution in [0.5, 0.6) is 5.75 Å². The number of methoxy groups -OCH3 is 1. The van der Waals surface area contributed by atoms with E-state index in [0.29, 0.717) is 12.2 Å². The van der Waals surface area contributed by atoms with E-state index >= 15 is 0 Å². The molecule has 2 heterocycles. The molecule has 1 aliphatic rings. The molecule has 136 valence electrons. The molecule has 26 heavy (non-hydrogen) atoms. The van der Waals surface area contributed by atoms with E-state index < -0.39 is 0 Å². The molecule has 1 aliphatic heterocycles. The second-order valence-corrected chi connectivity index (χ2v) is 6.30. The summed E-state index contributed by atoms with van der Waals surface area (Å²) in [5, 5.41) is 2.67. The van der Waals surface area contributed by atoms with E-state index in [1.165, 1.54) is 4.90 Å². The molecule has 3 rings (SSSR count). The minimum atomic E-state index is -0.355. The zero-order chi connectivity index (χ0) is 18.8. The van der Waals surface area contributed by atoms with Crippen LogP contribution in [0.2, 0.25) is 0 Å². The Hall–Kier alpha value is -3.02. The van der Waals surface area contributed by atoms with Crippen LogP contribution in [-0.2, 0) is 4.79 Å². The number of urea groups is 1. The van der Waals surface area contributed by atoms with Gasteiger partial charge in [0.25, 0.3) is 5.91 Å². The van der Waals surface area contributed by atoms with Crippen LogP contribution in [0.25, 0.3) is 11.8 Å². The molecule has 1 aromatic heterocycles. The first-order valence-electron chi connectivity index (χ1n) is 8.64. The van der Waals surface area contributed by atoms with Crippen molar-refractivity contribution in [2.45, 2.75) is 27.2 Å². The van der Waals surface area contributed by atoms with Crippen LogP contribution in [0.1, 0.15) is 30.3 Å². The van der Waals surface area contributed by atoms with E-state index in [2.05, 4.69) is 9.88 Å². The van der Waals surface area contributed by atoms with Crippen molar-refractivity contribution in [1.29, 1.82) is 0 Å². The minimum Gasteiger partial charge on any atom is -0.497 e. The van der Waals surface area contributed by atoms with E-state index in [4.69, 9.17) is 4.74 Å². The van der Waals surface area contributed by atoms with Crippen LogP contribution in [0, 0.1) is 13.8 Å². The first kappa shape index (κ1) is 17.8. The lowest BCUT2D eigenvalue weighted by atomic mass is 10.2. The van der Waals surface area contributed by atoms with Gasteiger partial charge >= 0.3 is 6.03 Å². The number of amides is 3. The van der Waals surface area contributed by atoms with Crippen LogP contribution >= 0.6 is 0 Å². The summed E-state index contributed by atoms with van der Waals surface area (Å²) in [4.78, 5) is 25.6. The van der Waals surface area contributed by atoms with E-state index in [1.54, 1.807) is 13.2 Å². The fourth-order valence-corrected chi connectivity index (χ4v) is 3.22. The van der Waals surface area contributed by atoms with Crippen molar-refractivity contribution in [3.63, 3.8) is 0 Å². The molecule has 1 aromatic carbocycles. The number of aryl methyl sites for hydroxylation is 1. The van der Waals surface area contributed by atoms with Gasteiger partial charge in [-0.15, -0.1) is 0 Å². The maximum Gasteiger partial charge on any atom is 0.329 e. The topological polar surface area (TPSA) is 63.6 Å². The van der Waals surface area contributed by atoms with Crippen molar-refractivity contribution < 1.29 is 14.3 Å². The highest BCUT2D eigenvalue weighted by atomic mass is 16.5. The predicted molar refractivity (Wildman–Crippen MR) is 100 cm³/mol. The van der Waals surface area contributed by atoms with Gasteiger partial charge in [-0.2, -0.15) is 0 Å². The molecule has 1 fully saturated rings. The standard InChI is InChI=1S/C20H23N3O3/c1-5-10-22-19(24)18(21-20(22)25)12-15-11-13(2)23(14(15)3)16-6-8-17(26-4)9-7-16/h6-9,11-12H,5,10H2,1-4H3,(H,21,25)/b18-12+. The van der Waals surface area contributed by atoms with Crippen molar-refractivity contribution in [2.24, 2.45) is 0 Å². The van der Waals surface area contributed by atoms with Gasteiger partial charge < -0.3 is 14.6 Å². The summed E-state index contributed by atoms with van der Waals surface area (Å²) in [5.41, 5.74) is 4.27. The quantitative estimate of drug-likeness (QED) is 0.662. The Labute approximate surface area is 153 Å².